The second-order valence-corrected chi connectivity index (χ2v) is 9.14. The number of nitrogens with zero attached hydrogens (tertiary/aromatic N) is 6. The molecule has 8 nitrogen and oxygen atoms in total. The van der Waals surface area contributed by atoms with Gasteiger partial charge in [0, 0.05) is 16.0 Å². The molecule has 0 radical (unpaired) electrons. The molecule has 1 amide bonds. The fraction of sp³-hybridized carbons (Fsp3) is 0.133. The minimum Gasteiger partial charge on any atom is -0.444 e. The van der Waals surface area contributed by atoms with Crippen molar-refractivity contribution in [3.05, 3.63) is 143 Å². The molecule has 8 heteroatoms. The van der Waals surface area contributed by atoms with Crippen LogP contribution in [-0.4, -0.2) is 35.1 Å². The van der Waals surface area contributed by atoms with Crippen molar-refractivity contribution in [2.24, 2.45) is 5.11 Å². The Hall–Kier alpha value is -5.07. The van der Waals surface area contributed by atoms with Crippen molar-refractivity contribution < 1.29 is 9.53 Å². The first-order chi connectivity index (χ1) is 18.7. The molecule has 1 aliphatic heterocycles. The van der Waals surface area contributed by atoms with Gasteiger partial charge in [-0.3, -0.25) is 4.90 Å². The second-order valence-electron chi connectivity index (χ2n) is 9.14. The van der Waals surface area contributed by atoms with E-state index in [-0.39, 0.29) is 6.54 Å². The highest BCUT2D eigenvalue weighted by molar-refractivity contribution is 5.93. The van der Waals surface area contributed by atoms with Crippen LogP contribution >= 0.6 is 0 Å². The van der Waals surface area contributed by atoms with Crippen molar-refractivity contribution >= 4 is 22.7 Å². The lowest BCUT2D eigenvalue weighted by molar-refractivity contribution is 0.145. The number of anilines is 1. The van der Waals surface area contributed by atoms with E-state index in [9.17, 15) is 4.79 Å². The number of hydrogen-bond acceptors (Lipinski definition) is 4. The van der Waals surface area contributed by atoms with Crippen LogP contribution in [0, 0.1) is 0 Å². The smallest absolute Gasteiger partial charge is 0.414 e. The van der Waals surface area contributed by atoms with E-state index in [4.69, 9.17) is 15.4 Å². The predicted octanol–water partition coefficient (Wildman–Crippen LogP) is 6.51. The quantitative estimate of drug-likeness (QED) is 0.110. The Bertz CT molecular complexity index is 1530. The van der Waals surface area contributed by atoms with Crippen LogP contribution < -0.4 is 4.90 Å². The van der Waals surface area contributed by atoms with Crippen LogP contribution in [0.4, 0.5) is 10.5 Å². The number of azide groups is 1. The molecule has 2 heterocycles. The van der Waals surface area contributed by atoms with Crippen molar-refractivity contribution in [2.45, 2.75) is 11.6 Å². The monoisotopic (exact) mass is 500 g/mol. The first kappa shape index (κ1) is 23.3. The van der Waals surface area contributed by atoms with Gasteiger partial charge in [-0.1, -0.05) is 96.1 Å². The average molecular weight is 501 g/mol. The molecular weight excluding hydrogens is 476 g/mol. The molecule has 0 aliphatic carbocycles. The number of cyclic esters (lactones) is 1. The van der Waals surface area contributed by atoms with Gasteiger partial charge in [0.05, 0.1) is 24.8 Å². The Labute approximate surface area is 219 Å². The van der Waals surface area contributed by atoms with Gasteiger partial charge in [0.25, 0.3) is 0 Å². The summed E-state index contributed by atoms with van der Waals surface area (Å²) in [6, 6.07) is 37.0. The Kier molecular flexibility index (Phi) is 6.00. The number of benzene rings is 4. The summed E-state index contributed by atoms with van der Waals surface area (Å²) in [5.74, 6) is 0. The summed E-state index contributed by atoms with van der Waals surface area (Å²) in [5, 5.41) is 9.40. The summed E-state index contributed by atoms with van der Waals surface area (Å²) in [5.41, 5.74) is 12.7. The lowest BCUT2D eigenvalue weighted by Crippen LogP contribution is -2.38. The van der Waals surface area contributed by atoms with E-state index in [1.165, 1.54) is 0 Å². The number of fused-ring (bicyclic) bond motifs is 1. The number of ether oxygens (including phenoxy) is 1. The standard InChI is InChI=1S/C30H24N6O2/c31-34-32-20-27-21-35(29(37)38-27)26-16-17-28-22(18-26)19-33-36(28)30(23-10-4-1-5-11-23,24-12-6-2-7-13-24)25-14-8-3-9-15-25/h1-19,27H,20-21H2. The highest BCUT2D eigenvalue weighted by atomic mass is 16.6. The SMILES string of the molecule is [N-]=[N+]=NCC1CN(c2ccc3c(cnn3C(c3ccccc3)(c3ccccc3)c3ccccc3)c2)C(=O)O1. The van der Waals surface area contributed by atoms with E-state index in [0.717, 1.165) is 27.6 Å². The number of carbonyl (C=O) groups is 1. The van der Waals surface area contributed by atoms with E-state index < -0.39 is 17.7 Å². The van der Waals surface area contributed by atoms with Crippen LogP contribution in [0.1, 0.15) is 16.7 Å². The van der Waals surface area contributed by atoms with Crippen molar-refractivity contribution in [1.29, 1.82) is 0 Å². The molecule has 1 fully saturated rings. The number of carbonyl (C=O) groups excluding carboxylic acids is 1. The maximum atomic E-state index is 12.6. The van der Waals surface area contributed by atoms with Crippen molar-refractivity contribution in [2.75, 3.05) is 18.0 Å². The van der Waals surface area contributed by atoms with Gasteiger partial charge in [-0.25, -0.2) is 9.48 Å². The molecular formula is C30H24N6O2. The van der Waals surface area contributed by atoms with Crippen LogP contribution in [-0.2, 0) is 10.3 Å². The van der Waals surface area contributed by atoms with Gasteiger partial charge in [-0.05, 0) is 40.4 Å². The zero-order valence-corrected chi connectivity index (χ0v) is 20.5. The molecule has 1 unspecified atom stereocenters. The minimum absolute atomic E-state index is 0.104. The molecule has 186 valence electrons. The van der Waals surface area contributed by atoms with Crippen molar-refractivity contribution in [3.63, 3.8) is 0 Å². The summed E-state index contributed by atoms with van der Waals surface area (Å²) in [7, 11) is 0. The van der Waals surface area contributed by atoms with Gasteiger partial charge in [0.15, 0.2) is 0 Å². The summed E-state index contributed by atoms with van der Waals surface area (Å²) in [6.07, 6.45) is 0.905. The summed E-state index contributed by atoms with van der Waals surface area (Å²) >= 11 is 0. The van der Waals surface area contributed by atoms with Gasteiger partial charge in [-0.2, -0.15) is 5.10 Å². The van der Waals surface area contributed by atoms with Crippen LogP contribution in [0.5, 0.6) is 0 Å². The summed E-state index contributed by atoms with van der Waals surface area (Å²) in [4.78, 5) is 16.9. The number of aromatic nitrogens is 2. The van der Waals surface area contributed by atoms with E-state index >= 15 is 0 Å². The molecule has 1 aromatic heterocycles. The van der Waals surface area contributed by atoms with E-state index in [1.54, 1.807) is 4.90 Å². The van der Waals surface area contributed by atoms with E-state index in [2.05, 4.69) is 51.1 Å². The fourth-order valence-electron chi connectivity index (χ4n) is 5.32. The third kappa shape index (κ3) is 3.84. The highest BCUT2D eigenvalue weighted by Gasteiger charge is 2.40. The van der Waals surface area contributed by atoms with Crippen LogP contribution in [0.15, 0.2) is 121 Å². The highest BCUT2D eigenvalue weighted by Crippen LogP contribution is 2.42. The Balaban J connectivity index is 1.53. The number of rotatable bonds is 7. The zero-order valence-electron chi connectivity index (χ0n) is 20.5. The lowest BCUT2D eigenvalue weighted by Gasteiger charge is -2.37. The average Bonchev–Trinajstić information content (AvgIpc) is 3.57. The molecule has 0 saturated carbocycles. The maximum Gasteiger partial charge on any atom is 0.414 e. The van der Waals surface area contributed by atoms with Crippen molar-refractivity contribution in [1.82, 2.24) is 9.78 Å². The van der Waals surface area contributed by atoms with Crippen LogP contribution in [0.3, 0.4) is 0 Å². The first-order valence-electron chi connectivity index (χ1n) is 12.4. The molecule has 4 aromatic carbocycles. The Morgan fingerprint density at radius 1 is 0.895 bits per heavy atom. The zero-order chi connectivity index (χ0) is 26.0. The largest absolute Gasteiger partial charge is 0.444 e. The maximum absolute atomic E-state index is 12.6. The molecule has 5 aromatic rings. The van der Waals surface area contributed by atoms with Crippen molar-refractivity contribution in [3.8, 4) is 0 Å². The van der Waals surface area contributed by atoms with Gasteiger partial charge in [-0.15, -0.1) is 0 Å². The first-order valence-corrected chi connectivity index (χ1v) is 12.4. The molecule has 38 heavy (non-hydrogen) atoms. The molecule has 6 rings (SSSR count). The third-order valence-corrected chi connectivity index (χ3v) is 6.98. The van der Waals surface area contributed by atoms with Gasteiger partial charge in [0.1, 0.15) is 11.6 Å². The normalized spacial score (nSPS) is 15.3. The number of hydrogen-bond donors (Lipinski definition) is 0. The lowest BCUT2D eigenvalue weighted by atomic mass is 9.77. The second kappa shape index (κ2) is 9.76. The minimum atomic E-state index is -0.736. The molecule has 0 N–H and O–H groups in total. The predicted molar refractivity (Wildman–Crippen MR) is 146 cm³/mol. The Morgan fingerprint density at radius 2 is 1.47 bits per heavy atom. The fourth-order valence-corrected chi connectivity index (χ4v) is 5.32. The van der Waals surface area contributed by atoms with Crippen LogP contribution in [0.25, 0.3) is 21.3 Å². The molecule has 1 aliphatic rings. The number of amides is 1. The van der Waals surface area contributed by atoms with Gasteiger partial charge >= 0.3 is 6.09 Å². The molecule has 1 saturated heterocycles. The van der Waals surface area contributed by atoms with Gasteiger partial charge < -0.3 is 4.74 Å². The Morgan fingerprint density at radius 3 is 2.03 bits per heavy atom. The molecule has 0 spiro atoms. The molecule has 0 bridgehead atoms. The third-order valence-electron chi connectivity index (χ3n) is 6.98. The summed E-state index contributed by atoms with van der Waals surface area (Å²) in [6.45, 7) is 0.423. The summed E-state index contributed by atoms with van der Waals surface area (Å²) < 4.78 is 7.45. The topological polar surface area (TPSA) is 96.1 Å². The molecule has 1 atom stereocenters. The van der Waals surface area contributed by atoms with Crippen LogP contribution in [0.2, 0.25) is 0 Å². The van der Waals surface area contributed by atoms with E-state index in [1.807, 2.05) is 79.0 Å². The van der Waals surface area contributed by atoms with E-state index in [0.29, 0.717) is 12.2 Å². The van der Waals surface area contributed by atoms with Gasteiger partial charge in [0.2, 0.25) is 0 Å².